The van der Waals surface area contributed by atoms with Gasteiger partial charge in [0.1, 0.15) is 11.6 Å². The van der Waals surface area contributed by atoms with Crippen LogP contribution in [-0.4, -0.2) is 37.0 Å². The van der Waals surface area contributed by atoms with Crippen LogP contribution in [0.5, 0.6) is 17.2 Å². The van der Waals surface area contributed by atoms with Gasteiger partial charge in [0.15, 0.2) is 11.5 Å². The summed E-state index contributed by atoms with van der Waals surface area (Å²) in [5.41, 5.74) is 3.77. The Labute approximate surface area is 169 Å². The molecule has 2 heterocycles. The van der Waals surface area contributed by atoms with Gasteiger partial charge >= 0.3 is 0 Å². The van der Waals surface area contributed by atoms with Crippen LogP contribution in [0.25, 0.3) is 5.69 Å². The molecule has 1 aliphatic rings. The fourth-order valence-corrected chi connectivity index (χ4v) is 3.81. The normalized spacial score (nSPS) is 15.4. The Morgan fingerprint density at radius 2 is 1.69 bits per heavy atom. The van der Waals surface area contributed by atoms with Crippen molar-refractivity contribution in [3.63, 3.8) is 0 Å². The number of ether oxygens (including phenoxy) is 3. The first kappa shape index (κ1) is 18.9. The highest BCUT2D eigenvalue weighted by molar-refractivity contribution is 5.95. The molecule has 0 bridgehead atoms. The van der Waals surface area contributed by atoms with Crippen LogP contribution in [0.15, 0.2) is 42.6 Å². The molecule has 1 N–H and O–H groups in total. The molecule has 0 aliphatic carbocycles. The number of para-hydroxylation sites is 1. The molecule has 1 amide bonds. The highest BCUT2D eigenvalue weighted by Gasteiger charge is 2.33. The van der Waals surface area contributed by atoms with Crippen molar-refractivity contribution >= 4 is 11.7 Å². The quantitative estimate of drug-likeness (QED) is 0.716. The lowest BCUT2D eigenvalue weighted by Crippen LogP contribution is -2.25. The van der Waals surface area contributed by atoms with E-state index in [-0.39, 0.29) is 18.2 Å². The van der Waals surface area contributed by atoms with Crippen LogP contribution < -0.4 is 19.5 Å². The Balaban J connectivity index is 1.87. The second kappa shape index (κ2) is 7.50. The van der Waals surface area contributed by atoms with Gasteiger partial charge in [-0.2, -0.15) is 5.10 Å². The molecule has 1 atom stereocenters. The van der Waals surface area contributed by atoms with Crippen LogP contribution in [0.4, 0.5) is 5.82 Å². The van der Waals surface area contributed by atoms with Gasteiger partial charge < -0.3 is 19.5 Å². The standard InChI is InChI=1S/C22H23N3O4/c1-13-7-5-6-8-17(13)25-22-16(12-23-25)14(10-21(26)24-22)15-9-19(28-3)20(29-4)11-18(15)27-2/h5-9,11-12,14H,10H2,1-4H3,(H,24,26). The zero-order valence-electron chi connectivity index (χ0n) is 16.9. The molecule has 1 aliphatic heterocycles. The molecule has 7 heteroatoms. The number of aromatic nitrogens is 2. The molecule has 0 fully saturated rings. The van der Waals surface area contributed by atoms with E-state index in [0.717, 1.165) is 22.4 Å². The third-order valence-electron chi connectivity index (χ3n) is 5.28. The maximum Gasteiger partial charge on any atom is 0.226 e. The van der Waals surface area contributed by atoms with Crippen molar-refractivity contribution in [1.82, 2.24) is 9.78 Å². The first-order chi connectivity index (χ1) is 14.1. The molecule has 0 saturated heterocycles. The summed E-state index contributed by atoms with van der Waals surface area (Å²) in [7, 11) is 4.77. The molecule has 0 saturated carbocycles. The van der Waals surface area contributed by atoms with E-state index >= 15 is 0 Å². The van der Waals surface area contributed by atoms with Crippen LogP contribution in [-0.2, 0) is 4.79 Å². The Bertz CT molecular complexity index is 1070. The Hall–Kier alpha value is -3.48. The molecule has 3 aromatic rings. The number of anilines is 1. The van der Waals surface area contributed by atoms with Crippen molar-refractivity contribution in [1.29, 1.82) is 0 Å². The predicted molar refractivity (Wildman–Crippen MR) is 109 cm³/mol. The second-order valence-electron chi connectivity index (χ2n) is 6.90. The Kier molecular flexibility index (Phi) is 4.88. The monoisotopic (exact) mass is 393 g/mol. The number of fused-ring (bicyclic) bond motifs is 1. The van der Waals surface area contributed by atoms with Gasteiger partial charge in [-0.1, -0.05) is 18.2 Å². The van der Waals surface area contributed by atoms with E-state index in [4.69, 9.17) is 14.2 Å². The molecule has 7 nitrogen and oxygen atoms in total. The largest absolute Gasteiger partial charge is 0.496 e. The molecule has 1 aromatic heterocycles. The smallest absolute Gasteiger partial charge is 0.226 e. The first-order valence-electron chi connectivity index (χ1n) is 9.31. The highest BCUT2D eigenvalue weighted by Crippen LogP contribution is 2.45. The lowest BCUT2D eigenvalue weighted by Gasteiger charge is -2.26. The maximum atomic E-state index is 12.6. The van der Waals surface area contributed by atoms with Crippen LogP contribution >= 0.6 is 0 Å². The van der Waals surface area contributed by atoms with Crippen molar-refractivity contribution in [2.24, 2.45) is 0 Å². The van der Waals surface area contributed by atoms with E-state index in [9.17, 15) is 4.79 Å². The van der Waals surface area contributed by atoms with Gasteiger partial charge in [-0.3, -0.25) is 4.79 Å². The average molecular weight is 393 g/mol. The van der Waals surface area contributed by atoms with Gasteiger partial charge in [-0.15, -0.1) is 0 Å². The van der Waals surface area contributed by atoms with Gasteiger partial charge in [-0.05, 0) is 24.6 Å². The average Bonchev–Trinajstić information content (AvgIpc) is 3.15. The predicted octanol–water partition coefficient (Wildman–Crippen LogP) is 3.68. The van der Waals surface area contributed by atoms with E-state index in [1.165, 1.54) is 0 Å². The number of methoxy groups -OCH3 is 3. The van der Waals surface area contributed by atoms with E-state index < -0.39 is 0 Å². The van der Waals surface area contributed by atoms with Gasteiger partial charge in [-0.25, -0.2) is 4.68 Å². The highest BCUT2D eigenvalue weighted by atomic mass is 16.5. The van der Waals surface area contributed by atoms with Gasteiger partial charge in [0.25, 0.3) is 0 Å². The minimum Gasteiger partial charge on any atom is -0.496 e. The lowest BCUT2D eigenvalue weighted by molar-refractivity contribution is -0.116. The van der Waals surface area contributed by atoms with E-state index in [2.05, 4.69) is 10.4 Å². The molecule has 29 heavy (non-hydrogen) atoms. The zero-order valence-corrected chi connectivity index (χ0v) is 16.9. The number of carbonyl (C=O) groups is 1. The van der Waals surface area contributed by atoms with Crippen molar-refractivity contribution in [3.05, 3.63) is 59.3 Å². The summed E-state index contributed by atoms with van der Waals surface area (Å²) >= 11 is 0. The summed E-state index contributed by atoms with van der Waals surface area (Å²) in [5, 5.41) is 7.56. The summed E-state index contributed by atoms with van der Waals surface area (Å²) < 4.78 is 18.2. The number of benzene rings is 2. The third-order valence-corrected chi connectivity index (χ3v) is 5.28. The lowest BCUT2D eigenvalue weighted by atomic mass is 9.86. The summed E-state index contributed by atoms with van der Waals surface area (Å²) in [6.07, 6.45) is 2.10. The first-order valence-corrected chi connectivity index (χ1v) is 9.31. The van der Waals surface area contributed by atoms with Gasteiger partial charge in [0.2, 0.25) is 5.91 Å². The number of nitrogens with zero attached hydrogens (tertiary/aromatic N) is 2. The molecule has 1 unspecified atom stereocenters. The van der Waals surface area contributed by atoms with Crippen LogP contribution in [0.2, 0.25) is 0 Å². The number of carbonyl (C=O) groups excluding carboxylic acids is 1. The molecule has 2 aromatic carbocycles. The number of rotatable bonds is 5. The summed E-state index contributed by atoms with van der Waals surface area (Å²) in [6.45, 7) is 2.02. The molecule has 0 radical (unpaired) electrons. The van der Waals surface area contributed by atoms with Crippen LogP contribution in [0.3, 0.4) is 0 Å². The second-order valence-corrected chi connectivity index (χ2v) is 6.90. The van der Waals surface area contributed by atoms with Crippen molar-refractivity contribution in [3.8, 4) is 22.9 Å². The van der Waals surface area contributed by atoms with Crippen LogP contribution in [0, 0.1) is 6.92 Å². The molecule has 4 rings (SSSR count). The Morgan fingerprint density at radius 3 is 2.38 bits per heavy atom. The fraction of sp³-hybridized carbons (Fsp3) is 0.273. The number of hydrogen-bond acceptors (Lipinski definition) is 5. The minimum atomic E-state index is -0.216. The maximum absolute atomic E-state index is 12.6. The molecular weight excluding hydrogens is 370 g/mol. The summed E-state index contributed by atoms with van der Waals surface area (Å²) in [6, 6.07) is 11.6. The van der Waals surface area contributed by atoms with E-state index in [1.807, 2.05) is 43.5 Å². The van der Waals surface area contributed by atoms with Crippen molar-refractivity contribution in [2.45, 2.75) is 19.3 Å². The van der Waals surface area contributed by atoms with Crippen molar-refractivity contribution < 1.29 is 19.0 Å². The number of amides is 1. The van der Waals surface area contributed by atoms with Gasteiger partial charge in [0, 0.05) is 29.5 Å². The molecule has 150 valence electrons. The molecule has 0 spiro atoms. The minimum absolute atomic E-state index is 0.0744. The van der Waals surface area contributed by atoms with Crippen molar-refractivity contribution in [2.75, 3.05) is 26.6 Å². The molecular formula is C22H23N3O4. The number of nitrogens with one attached hydrogen (secondary N) is 1. The van der Waals surface area contributed by atoms with Gasteiger partial charge in [0.05, 0.1) is 33.2 Å². The SMILES string of the molecule is COc1cc(OC)c(C2CC(=O)Nc3c2cnn3-c2ccccc2C)cc1OC. The number of hydrogen-bond donors (Lipinski definition) is 1. The van der Waals surface area contributed by atoms with E-state index in [0.29, 0.717) is 23.1 Å². The number of aryl methyl sites for hydroxylation is 1. The zero-order chi connectivity index (χ0) is 20.5. The summed E-state index contributed by atoms with van der Waals surface area (Å²) in [5.74, 6) is 2.18. The fourth-order valence-electron chi connectivity index (χ4n) is 3.81. The van der Waals surface area contributed by atoms with Crippen LogP contribution in [0.1, 0.15) is 29.0 Å². The third kappa shape index (κ3) is 3.18. The summed E-state index contributed by atoms with van der Waals surface area (Å²) in [4.78, 5) is 12.6. The topological polar surface area (TPSA) is 74.6 Å². The van der Waals surface area contributed by atoms with E-state index in [1.54, 1.807) is 32.1 Å². The Morgan fingerprint density at radius 1 is 1.00 bits per heavy atom.